The van der Waals surface area contributed by atoms with Crippen LogP contribution >= 0.6 is 0 Å². The van der Waals surface area contributed by atoms with E-state index in [2.05, 4.69) is 5.32 Å². The van der Waals surface area contributed by atoms with Crippen molar-refractivity contribution in [2.45, 2.75) is 73.0 Å². The number of ether oxygens (including phenoxy) is 1. The van der Waals surface area contributed by atoms with Gasteiger partial charge >= 0.3 is 0 Å². The summed E-state index contributed by atoms with van der Waals surface area (Å²) >= 11 is 0. The van der Waals surface area contributed by atoms with Gasteiger partial charge in [0.15, 0.2) is 0 Å². The fraction of sp³-hybridized carbons (Fsp3) is 0.875. The van der Waals surface area contributed by atoms with Crippen molar-refractivity contribution in [2.75, 3.05) is 6.61 Å². The summed E-state index contributed by atoms with van der Waals surface area (Å²) in [7, 11) is 0. The number of hydrogen-bond acceptors (Lipinski definition) is 3. The summed E-state index contributed by atoms with van der Waals surface area (Å²) in [6.07, 6.45) is 0.388. The average molecular weight is 285 g/mol. The third kappa shape index (κ3) is 7.63. The molecule has 0 aliphatic rings. The first-order valence-electron chi connectivity index (χ1n) is 7.35. The summed E-state index contributed by atoms with van der Waals surface area (Å²) in [5, 5.41) is 2.96. The topological polar surface area (TPSA) is 55.4 Å². The molecule has 0 aromatic carbocycles. The van der Waals surface area contributed by atoms with Crippen LogP contribution in [-0.2, 0) is 14.3 Å². The highest BCUT2D eigenvalue weighted by Crippen LogP contribution is 2.20. The summed E-state index contributed by atoms with van der Waals surface area (Å²) in [4.78, 5) is 23.5. The van der Waals surface area contributed by atoms with Gasteiger partial charge in [0.05, 0.1) is 17.7 Å². The van der Waals surface area contributed by atoms with Crippen molar-refractivity contribution in [1.29, 1.82) is 0 Å². The second kappa shape index (κ2) is 7.21. The lowest BCUT2D eigenvalue weighted by atomic mass is 9.95. The summed E-state index contributed by atoms with van der Waals surface area (Å²) in [6.45, 7) is 15.6. The minimum atomic E-state index is -0.513. The third-order valence-corrected chi connectivity index (χ3v) is 3.05. The number of amides is 1. The highest BCUT2D eigenvalue weighted by molar-refractivity contribution is 5.81. The van der Waals surface area contributed by atoms with Crippen LogP contribution in [0.5, 0.6) is 0 Å². The van der Waals surface area contributed by atoms with Crippen molar-refractivity contribution in [3.63, 3.8) is 0 Å². The van der Waals surface area contributed by atoms with E-state index in [4.69, 9.17) is 4.74 Å². The van der Waals surface area contributed by atoms with Gasteiger partial charge in [0.25, 0.3) is 0 Å². The third-order valence-electron chi connectivity index (χ3n) is 3.05. The molecule has 0 aromatic rings. The van der Waals surface area contributed by atoms with Crippen molar-refractivity contribution in [3.8, 4) is 0 Å². The van der Waals surface area contributed by atoms with Gasteiger partial charge in [-0.2, -0.15) is 0 Å². The first kappa shape index (κ1) is 19.1. The molecule has 4 heteroatoms. The molecule has 0 aliphatic heterocycles. The first-order valence-corrected chi connectivity index (χ1v) is 7.35. The van der Waals surface area contributed by atoms with Gasteiger partial charge in [0.1, 0.15) is 5.78 Å². The Kier molecular flexibility index (Phi) is 6.88. The van der Waals surface area contributed by atoms with Crippen molar-refractivity contribution < 1.29 is 14.3 Å². The Balaban J connectivity index is 4.43. The minimum absolute atomic E-state index is 0.00895. The van der Waals surface area contributed by atoms with Crippen molar-refractivity contribution in [3.05, 3.63) is 0 Å². The molecular weight excluding hydrogens is 254 g/mol. The molecule has 0 bridgehead atoms. The zero-order valence-corrected chi connectivity index (χ0v) is 14.3. The second-order valence-electron chi connectivity index (χ2n) is 7.37. The van der Waals surface area contributed by atoms with E-state index in [1.165, 1.54) is 0 Å². The van der Waals surface area contributed by atoms with Crippen LogP contribution in [-0.4, -0.2) is 29.4 Å². The lowest BCUT2D eigenvalue weighted by Crippen LogP contribution is -2.50. The summed E-state index contributed by atoms with van der Waals surface area (Å²) in [5.41, 5.74) is -0.958. The highest BCUT2D eigenvalue weighted by Gasteiger charge is 2.29. The average Bonchev–Trinajstić information content (AvgIpc) is 2.25. The van der Waals surface area contributed by atoms with Gasteiger partial charge in [-0.05, 0) is 27.7 Å². The van der Waals surface area contributed by atoms with E-state index in [1.807, 2.05) is 55.4 Å². The predicted molar refractivity (Wildman–Crippen MR) is 81.6 cm³/mol. The van der Waals surface area contributed by atoms with Crippen LogP contribution in [0, 0.1) is 11.8 Å². The molecule has 0 unspecified atom stereocenters. The van der Waals surface area contributed by atoms with Gasteiger partial charge in [0, 0.05) is 18.3 Å². The molecule has 20 heavy (non-hydrogen) atoms. The number of carbonyl (C=O) groups excluding carboxylic acids is 2. The van der Waals surface area contributed by atoms with E-state index in [1.54, 1.807) is 0 Å². The Labute approximate surface area is 123 Å². The monoisotopic (exact) mass is 285 g/mol. The fourth-order valence-electron chi connectivity index (χ4n) is 1.56. The predicted octanol–water partition coefficient (Wildman–Crippen LogP) is 2.95. The van der Waals surface area contributed by atoms with E-state index in [0.29, 0.717) is 13.0 Å². The molecule has 0 atom stereocenters. The van der Waals surface area contributed by atoms with Crippen LogP contribution in [0.1, 0.15) is 61.8 Å². The number of hydrogen-bond donors (Lipinski definition) is 1. The molecule has 0 fully saturated rings. The van der Waals surface area contributed by atoms with Gasteiger partial charge < -0.3 is 10.1 Å². The van der Waals surface area contributed by atoms with Crippen LogP contribution in [0.25, 0.3) is 0 Å². The maximum atomic E-state index is 11.8. The molecule has 118 valence electrons. The molecule has 0 saturated carbocycles. The molecule has 0 saturated heterocycles. The molecule has 1 N–H and O–H groups in total. The molecule has 0 heterocycles. The molecule has 1 amide bonds. The lowest BCUT2D eigenvalue weighted by Gasteiger charge is -2.33. The standard InChI is InChI=1S/C16H31NO3/c1-11(2)13(18)9-16(7,8)20-10-15(5,6)17-14(19)12(3)4/h11-12H,9-10H2,1-8H3,(H,17,19). The van der Waals surface area contributed by atoms with Gasteiger partial charge in [-0.15, -0.1) is 0 Å². The molecule has 0 aliphatic carbocycles. The Bertz CT molecular complexity index is 310. The Morgan fingerprint density at radius 3 is 1.90 bits per heavy atom. The maximum absolute atomic E-state index is 11.8. The molecular formula is C16H31NO3. The van der Waals surface area contributed by atoms with E-state index in [-0.39, 0.29) is 23.5 Å². The Morgan fingerprint density at radius 2 is 1.50 bits per heavy atom. The molecule has 0 radical (unpaired) electrons. The summed E-state index contributed by atoms with van der Waals surface area (Å²) < 4.78 is 5.86. The molecule has 0 aromatic heterocycles. The van der Waals surface area contributed by atoms with E-state index in [9.17, 15) is 9.59 Å². The second-order valence-corrected chi connectivity index (χ2v) is 7.37. The smallest absolute Gasteiger partial charge is 0.223 e. The van der Waals surface area contributed by atoms with Crippen molar-refractivity contribution in [1.82, 2.24) is 5.32 Å². The number of rotatable bonds is 8. The van der Waals surface area contributed by atoms with Crippen LogP contribution in [0.2, 0.25) is 0 Å². The number of carbonyl (C=O) groups is 2. The van der Waals surface area contributed by atoms with E-state index < -0.39 is 11.1 Å². The zero-order chi connectivity index (χ0) is 16.1. The van der Waals surface area contributed by atoms with Crippen LogP contribution in [0.15, 0.2) is 0 Å². The largest absolute Gasteiger partial charge is 0.373 e. The normalized spacial score (nSPS) is 12.9. The van der Waals surface area contributed by atoms with Gasteiger partial charge in [-0.1, -0.05) is 27.7 Å². The zero-order valence-electron chi connectivity index (χ0n) is 14.3. The molecule has 0 spiro atoms. The van der Waals surface area contributed by atoms with Gasteiger partial charge in [-0.3, -0.25) is 9.59 Å². The van der Waals surface area contributed by atoms with Crippen LogP contribution < -0.4 is 5.32 Å². The number of Topliss-reactive ketones (excluding diaryl/α,β-unsaturated/α-hetero) is 1. The maximum Gasteiger partial charge on any atom is 0.223 e. The number of ketones is 1. The van der Waals surface area contributed by atoms with Crippen LogP contribution in [0.3, 0.4) is 0 Å². The highest BCUT2D eigenvalue weighted by atomic mass is 16.5. The fourth-order valence-corrected chi connectivity index (χ4v) is 1.56. The van der Waals surface area contributed by atoms with Crippen LogP contribution in [0.4, 0.5) is 0 Å². The Hall–Kier alpha value is -0.900. The van der Waals surface area contributed by atoms with E-state index in [0.717, 1.165) is 0 Å². The Morgan fingerprint density at radius 1 is 1.00 bits per heavy atom. The quantitative estimate of drug-likeness (QED) is 0.746. The summed E-state index contributed by atoms with van der Waals surface area (Å²) in [6, 6.07) is 0. The van der Waals surface area contributed by atoms with Gasteiger partial charge in [0.2, 0.25) is 5.91 Å². The molecule has 4 nitrogen and oxygen atoms in total. The lowest BCUT2D eigenvalue weighted by molar-refractivity contribution is -0.132. The first-order chi connectivity index (χ1) is 8.86. The van der Waals surface area contributed by atoms with Gasteiger partial charge in [-0.25, -0.2) is 0 Å². The summed E-state index contributed by atoms with van der Waals surface area (Å²) in [5.74, 6) is 0.171. The minimum Gasteiger partial charge on any atom is -0.373 e. The SMILES string of the molecule is CC(C)C(=O)CC(C)(C)OCC(C)(C)NC(=O)C(C)C. The van der Waals surface area contributed by atoms with E-state index >= 15 is 0 Å². The van der Waals surface area contributed by atoms with Crippen molar-refractivity contribution in [2.24, 2.45) is 11.8 Å². The molecule has 0 rings (SSSR count). The number of nitrogens with one attached hydrogen (secondary N) is 1. The van der Waals surface area contributed by atoms with Crippen molar-refractivity contribution >= 4 is 11.7 Å².